The lowest BCUT2D eigenvalue weighted by atomic mass is 10.2. The molecule has 1 amide bonds. The fourth-order valence-corrected chi connectivity index (χ4v) is 2.32. The summed E-state index contributed by atoms with van der Waals surface area (Å²) in [7, 11) is 0. The van der Waals surface area contributed by atoms with E-state index in [1.807, 2.05) is 0 Å². The summed E-state index contributed by atoms with van der Waals surface area (Å²) in [5.74, 6) is -1.18. The number of oxazole rings is 1. The molecule has 0 aliphatic heterocycles. The van der Waals surface area contributed by atoms with Crippen LogP contribution in [-0.4, -0.2) is 23.5 Å². The van der Waals surface area contributed by atoms with Gasteiger partial charge in [-0.1, -0.05) is 23.2 Å². The number of hydrogen-bond acceptors (Lipinski definition) is 5. The minimum Gasteiger partial charge on any atom is -0.452 e. The molecule has 0 saturated heterocycles. The first-order valence-electron chi connectivity index (χ1n) is 6.78. The molecule has 122 valence electrons. The van der Waals surface area contributed by atoms with Crippen molar-refractivity contribution in [3.63, 3.8) is 0 Å². The first-order chi connectivity index (χ1) is 11.5. The van der Waals surface area contributed by atoms with Gasteiger partial charge in [0.25, 0.3) is 5.91 Å². The maximum absolute atomic E-state index is 12.0. The second-order valence-corrected chi connectivity index (χ2v) is 5.63. The normalized spacial score (nSPS) is 10.6. The van der Waals surface area contributed by atoms with Crippen molar-refractivity contribution < 1.29 is 18.7 Å². The Morgan fingerprint density at radius 1 is 1.17 bits per heavy atom. The number of esters is 1. The average Bonchev–Trinajstić information content (AvgIpc) is 3.03. The molecule has 3 aromatic rings. The number of aromatic nitrogens is 1. The van der Waals surface area contributed by atoms with Crippen LogP contribution in [-0.2, 0) is 9.53 Å². The van der Waals surface area contributed by atoms with Crippen molar-refractivity contribution >= 4 is 51.9 Å². The number of hydrogen-bond donors (Lipinski definition) is 1. The van der Waals surface area contributed by atoms with Crippen LogP contribution in [0.2, 0.25) is 10.0 Å². The molecule has 0 bridgehead atoms. The van der Waals surface area contributed by atoms with Crippen molar-refractivity contribution in [3.8, 4) is 0 Å². The van der Waals surface area contributed by atoms with Crippen LogP contribution >= 0.6 is 23.2 Å². The summed E-state index contributed by atoms with van der Waals surface area (Å²) < 4.78 is 10.1. The largest absolute Gasteiger partial charge is 0.452 e. The van der Waals surface area contributed by atoms with Crippen LogP contribution in [0.1, 0.15) is 10.4 Å². The highest BCUT2D eigenvalue weighted by Gasteiger charge is 2.13. The zero-order chi connectivity index (χ0) is 17.1. The number of rotatable bonds is 4. The Morgan fingerprint density at radius 3 is 2.83 bits per heavy atom. The van der Waals surface area contributed by atoms with Gasteiger partial charge in [0.2, 0.25) is 0 Å². The number of nitrogens with zero attached hydrogens (tertiary/aromatic N) is 1. The van der Waals surface area contributed by atoms with E-state index in [4.69, 9.17) is 32.4 Å². The van der Waals surface area contributed by atoms with Crippen molar-refractivity contribution in [2.45, 2.75) is 0 Å². The smallest absolute Gasteiger partial charge is 0.338 e. The maximum Gasteiger partial charge on any atom is 0.338 e. The molecule has 0 atom stereocenters. The standard InChI is InChI=1S/C16H10Cl2N2O4/c17-10-2-3-11(18)12(6-10)20-15(21)7-23-16(22)9-1-4-14-13(5-9)19-8-24-14/h1-6,8H,7H2,(H,20,21). The summed E-state index contributed by atoms with van der Waals surface area (Å²) in [6.07, 6.45) is 1.28. The fourth-order valence-electron chi connectivity index (χ4n) is 1.98. The van der Waals surface area contributed by atoms with Gasteiger partial charge in [0.15, 0.2) is 18.6 Å². The molecule has 0 fully saturated rings. The monoisotopic (exact) mass is 364 g/mol. The zero-order valence-corrected chi connectivity index (χ0v) is 13.6. The molecular weight excluding hydrogens is 355 g/mol. The Bertz CT molecular complexity index is 923. The number of carbonyl (C=O) groups excluding carboxylic acids is 2. The lowest BCUT2D eigenvalue weighted by molar-refractivity contribution is -0.119. The van der Waals surface area contributed by atoms with Gasteiger partial charge in [0.1, 0.15) is 5.52 Å². The van der Waals surface area contributed by atoms with Gasteiger partial charge in [-0.25, -0.2) is 9.78 Å². The zero-order valence-electron chi connectivity index (χ0n) is 12.1. The third-order valence-electron chi connectivity index (χ3n) is 3.10. The Hall–Kier alpha value is -2.57. The van der Waals surface area contributed by atoms with E-state index < -0.39 is 18.5 Å². The number of ether oxygens (including phenoxy) is 1. The SMILES string of the molecule is O=C(COC(=O)c1ccc2ocnc2c1)Nc1cc(Cl)ccc1Cl. The quantitative estimate of drug-likeness (QED) is 0.709. The van der Waals surface area contributed by atoms with E-state index in [1.54, 1.807) is 18.2 Å². The molecule has 0 spiro atoms. The van der Waals surface area contributed by atoms with Gasteiger partial charge in [-0.15, -0.1) is 0 Å². The highest BCUT2D eigenvalue weighted by molar-refractivity contribution is 6.35. The summed E-state index contributed by atoms with van der Waals surface area (Å²) in [6, 6.07) is 9.31. The van der Waals surface area contributed by atoms with Gasteiger partial charge >= 0.3 is 5.97 Å². The molecule has 0 unspecified atom stereocenters. The maximum atomic E-state index is 12.0. The van der Waals surface area contributed by atoms with E-state index in [2.05, 4.69) is 10.3 Å². The molecule has 1 heterocycles. The Labute approximate surface area is 146 Å². The first kappa shape index (κ1) is 16.3. The molecule has 3 rings (SSSR count). The number of carbonyl (C=O) groups is 2. The van der Waals surface area contributed by atoms with E-state index in [1.165, 1.54) is 24.6 Å². The molecule has 0 aliphatic carbocycles. The van der Waals surface area contributed by atoms with Crippen molar-refractivity contribution in [2.24, 2.45) is 0 Å². The molecule has 1 aromatic heterocycles. The van der Waals surface area contributed by atoms with Gasteiger partial charge < -0.3 is 14.5 Å². The Balaban J connectivity index is 1.61. The van der Waals surface area contributed by atoms with Crippen LogP contribution in [0.5, 0.6) is 0 Å². The number of amides is 1. The van der Waals surface area contributed by atoms with E-state index in [9.17, 15) is 9.59 Å². The molecule has 0 radical (unpaired) electrons. The van der Waals surface area contributed by atoms with Crippen molar-refractivity contribution in [1.29, 1.82) is 0 Å². The minimum atomic E-state index is -0.646. The summed E-state index contributed by atoms with van der Waals surface area (Å²) in [6.45, 7) is -0.460. The summed E-state index contributed by atoms with van der Waals surface area (Å²) in [5.41, 5.74) is 1.69. The van der Waals surface area contributed by atoms with Crippen LogP contribution in [0.4, 0.5) is 5.69 Å². The van der Waals surface area contributed by atoms with Crippen molar-refractivity contribution in [3.05, 3.63) is 58.4 Å². The van der Waals surface area contributed by atoms with Gasteiger partial charge in [0, 0.05) is 5.02 Å². The number of benzene rings is 2. The van der Waals surface area contributed by atoms with Crippen molar-refractivity contribution in [2.75, 3.05) is 11.9 Å². The molecule has 1 N–H and O–H groups in total. The number of fused-ring (bicyclic) bond motifs is 1. The van der Waals surface area contributed by atoms with Crippen LogP contribution in [0.3, 0.4) is 0 Å². The predicted molar refractivity (Wildman–Crippen MR) is 89.4 cm³/mol. The second kappa shape index (κ2) is 6.90. The molecule has 0 aliphatic rings. The fraction of sp³-hybridized carbons (Fsp3) is 0.0625. The number of anilines is 1. The van der Waals surface area contributed by atoms with E-state index >= 15 is 0 Å². The summed E-state index contributed by atoms with van der Waals surface area (Å²) >= 11 is 11.8. The van der Waals surface area contributed by atoms with Crippen LogP contribution in [0.25, 0.3) is 11.1 Å². The van der Waals surface area contributed by atoms with Crippen LogP contribution in [0, 0.1) is 0 Å². The van der Waals surface area contributed by atoms with Crippen molar-refractivity contribution in [1.82, 2.24) is 4.98 Å². The van der Waals surface area contributed by atoms with Gasteiger partial charge in [0.05, 0.1) is 16.3 Å². The molecule has 8 heteroatoms. The van der Waals surface area contributed by atoms with Gasteiger partial charge in [-0.05, 0) is 36.4 Å². The lowest BCUT2D eigenvalue weighted by Crippen LogP contribution is -2.21. The van der Waals surface area contributed by atoms with E-state index in [0.717, 1.165) is 0 Å². The summed E-state index contributed by atoms with van der Waals surface area (Å²) in [4.78, 5) is 27.8. The second-order valence-electron chi connectivity index (χ2n) is 4.78. The molecule has 24 heavy (non-hydrogen) atoms. The van der Waals surface area contributed by atoms with Gasteiger partial charge in [-0.3, -0.25) is 4.79 Å². The Morgan fingerprint density at radius 2 is 2.00 bits per heavy atom. The first-order valence-corrected chi connectivity index (χ1v) is 7.54. The lowest BCUT2D eigenvalue weighted by Gasteiger charge is -2.08. The van der Waals surface area contributed by atoms with Gasteiger partial charge in [-0.2, -0.15) is 0 Å². The van der Waals surface area contributed by atoms with Crippen LogP contribution in [0.15, 0.2) is 47.2 Å². The predicted octanol–water partition coefficient (Wildman–Crippen LogP) is 3.93. The third-order valence-corrected chi connectivity index (χ3v) is 3.67. The minimum absolute atomic E-state index is 0.269. The molecular formula is C16H10Cl2N2O4. The topological polar surface area (TPSA) is 81.4 Å². The summed E-state index contributed by atoms with van der Waals surface area (Å²) in [5, 5.41) is 3.28. The molecule has 2 aromatic carbocycles. The highest BCUT2D eigenvalue weighted by atomic mass is 35.5. The number of halogens is 2. The third kappa shape index (κ3) is 3.67. The average molecular weight is 365 g/mol. The highest BCUT2D eigenvalue weighted by Crippen LogP contribution is 2.25. The molecule has 6 nitrogen and oxygen atoms in total. The molecule has 0 saturated carbocycles. The van der Waals surface area contributed by atoms with E-state index in [0.29, 0.717) is 26.8 Å². The van der Waals surface area contributed by atoms with Crippen LogP contribution < -0.4 is 5.32 Å². The Kier molecular flexibility index (Phi) is 4.69. The number of nitrogens with one attached hydrogen (secondary N) is 1. The van der Waals surface area contributed by atoms with E-state index in [-0.39, 0.29) is 5.56 Å².